The van der Waals surface area contributed by atoms with Crippen LogP contribution in [0, 0.1) is 17.8 Å². The van der Waals surface area contributed by atoms with Gasteiger partial charge in [0.2, 0.25) is 0 Å². The molecule has 4 nitrogen and oxygen atoms in total. The van der Waals surface area contributed by atoms with E-state index in [4.69, 9.17) is 28.6 Å². The molecule has 0 aromatic heterocycles. The van der Waals surface area contributed by atoms with Crippen molar-refractivity contribution in [3.8, 4) is 0 Å². The highest BCUT2D eigenvalue weighted by atomic mass is 35.5. The van der Waals surface area contributed by atoms with Gasteiger partial charge in [-0.1, -0.05) is 0 Å². The molecule has 2 saturated carbocycles. The molecule has 3 fully saturated rings. The van der Waals surface area contributed by atoms with E-state index in [0.29, 0.717) is 11.8 Å². The molecule has 3 aliphatic rings. The highest BCUT2D eigenvalue weighted by molar-refractivity contribution is 7.78. The minimum absolute atomic E-state index is 0.00606. The molecule has 0 spiro atoms. The molecule has 2 aliphatic carbocycles. The van der Waals surface area contributed by atoms with Crippen LogP contribution in [-0.4, -0.2) is 51.1 Å². The lowest BCUT2D eigenvalue weighted by molar-refractivity contribution is -0.222. The van der Waals surface area contributed by atoms with Gasteiger partial charge in [0.1, 0.15) is 0 Å². The first kappa shape index (κ1) is 22.7. The molecule has 8 unspecified atom stereocenters. The zero-order chi connectivity index (χ0) is 21.0. The lowest BCUT2D eigenvalue weighted by Crippen LogP contribution is -2.67. The Bertz CT molecular complexity index is 650. The minimum atomic E-state index is -0.747. The van der Waals surface area contributed by atoms with E-state index in [-0.39, 0.29) is 34.1 Å². The third kappa shape index (κ3) is 3.72. The maximum atomic E-state index is 11.2. The Hall–Kier alpha value is -0.0300. The summed E-state index contributed by atoms with van der Waals surface area (Å²) in [6.07, 6.45) is 5.60. The van der Waals surface area contributed by atoms with Crippen molar-refractivity contribution < 1.29 is 9.84 Å². The molecule has 28 heavy (non-hydrogen) atoms. The number of hydrogen-bond acceptors (Lipinski definition) is 5. The van der Waals surface area contributed by atoms with E-state index in [9.17, 15) is 5.11 Å². The van der Waals surface area contributed by atoms with Crippen molar-refractivity contribution >= 4 is 29.0 Å². The molecule has 1 saturated heterocycles. The van der Waals surface area contributed by atoms with E-state index in [1.165, 1.54) is 0 Å². The number of aliphatic hydroxyl groups is 1. The topological polar surface area (TPSA) is 53.8 Å². The van der Waals surface area contributed by atoms with Crippen LogP contribution in [0.4, 0.5) is 0 Å². The molecule has 0 bridgehead atoms. The number of thiocarbonyl (C=S) groups is 1. The van der Waals surface area contributed by atoms with Crippen LogP contribution in [0.3, 0.4) is 0 Å². The van der Waals surface area contributed by atoms with Gasteiger partial charge >= 0.3 is 0 Å². The van der Waals surface area contributed by atoms with Crippen LogP contribution < -0.4 is 5.32 Å². The molecule has 1 aliphatic heterocycles. The summed E-state index contributed by atoms with van der Waals surface area (Å²) in [7, 11) is 1.97. The van der Waals surface area contributed by atoms with Gasteiger partial charge in [-0.05, 0) is 110 Å². The average molecular weight is 429 g/mol. The fourth-order valence-electron chi connectivity index (χ4n) is 6.70. The highest BCUT2D eigenvalue weighted by Crippen LogP contribution is 2.57. The molecular weight excluding hydrogens is 392 g/mol. The minimum Gasteiger partial charge on any atom is -0.389 e. The molecule has 2 N–H and O–H groups in total. The summed E-state index contributed by atoms with van der Waals surface area (Å²) < 4.78 is 6.74. The molecule has 0 aromatic rings. The fraction of sp³-hybridized carbons (Fsp3) is 0.955. The number of fused-ring (bicyclic) bond motifs is 1. The van der Waals surface area contributed by atoms with Gasteiger partial charge in [-0.15, -0.1) is 11.6 Å². The maximum Gasteiger partial charge on any atom is 0.0796 e. The van der Waals surface area contributed by atoms with E-state index in [1.807, 2.05) is 14.0 Å². The molecule has 0 aromatic carbocycles. The quantitative estimate of drug-likeness (QED) is 0.392. The predicted molar refractivity (Wildman–Crippen MR) is 118 cm³/mol. The van der Waals surface area contributed by atoms with Crippen molar-refractivity contribution in [3.63, 3.8) is 0 Å². The van der Waals surface area contributed by atoms with Gasteiger partial charge in [0, 0.05) is 6.04 Å². The largest absolute Gasteiger partial charge is 0.389 e. The van der Waals surface area contributed by atoms with E-state index in [0.717, 1.165) is 38.5 Å². The lowest BCUT2D eigenvalue weighted by Gasteiger charge is -2.61. The number of nitrogens with zero attached hydrogens (tertiary/aromatic N) is 1. The molecule has 6 heteroatoms. The van der Waals surface area contributed by atoms with Crippen molar-refractivity contribution in [3.05, 3.63) is 0 Å². The van der Waals surface area contributed by atoms with Gasteiger partial charge in [-0.3, -0.25) is 0 Å². The van der Waals surface area contributed by atoms with E-state index >= 15 is 0 Å². The van der Waals surface area contributed by atoms with Crippen molar-refractivity contribution in [1.82, 2.24) is 5.32 Å². The number of alkyl halides is 1. The standard InChI is InChI=1S/C22H37ClN2O2S/c1-19(2)16(23)9-12-22(5,27-19)15-7-10-20(3,25-13-28)14-8-11-21(4,26)18(24-6)17(14)15/h14-18,24,26H,7-12H2,1-6H3. The van der Waals surface area contributed by atoms with Gasteiger partial charge in [-0.2, -0.15) is 0 Å². The number of aliphatic imine (C=N–C) groups is 1. The van der Waals surface area contributed by atoms with Crippen LogP contribution in [0.25, 0.3) is 0 Å². The fourth-order valence-corrected chi connectivity index (χ4v) is 7.07. The summed E-state index contributed by atoms with van der Waals surface area (Å²) in [5.41, 5.74) is -1.58. The summed E-state index contributed by atoms with van der Waals surface area (Å²) in [5, 5.41) is 17.4. The molecule has 0 amide bonds. The van der Waals surface area contributed by atoms with E-state index < -0.39 is 5.60 Å². The van der Waals surface area contributed by atoms with Crippen molar-refractivity contribution in [2.24, 2.45) is 22.7 Å². The van der Waals surface area contributed by atoms with E-state index in [2.05, 4.69) is 43.2 Å². The third-order valence-electron chi connectivity index (χ3n) is 8.25. The Kier molecular flexibility index (Phi) is 6.14. The van der Waals surface area contributed by atoms with Gasteiger partial charge in [0.15, 0.2) is 0 Å². The van der Waals surface area contributed by atoms with Crippen molar-refractivity contribution in [2.75, 3.05) is 7.05 Å². The van der Waals surface area contributed by atoms with Crippen LogP contribution >= 0.6 is 23.8 Å². The highest BCUT2D eigenvalue weighted by Gasteiger charge is 2.60. The second-order valence-electron chi connectivity index (χ2n) is 10.6. The summed E-state index contributed by atoms with van der Waals surface area (Å²) in [6, 6.07) is -0.00606. The summed E-state index contributed by atoms with van der Waals surface area (Å²) in [5.74, 6) is 0.933. The maximum absolute atomic E-state index is 11.2. The smallest absolute Gasteiger partial charge is 0.0796 e. The number of hydrogen-bond donors (Lipinski definition) is 2. The monoisotopic (exact) mass is 428 g/mol. The van der Waals surface area contributed by atoms with Gasteiger partial charge in [0.05, 0.1) is 32.9 Å². The second-order valence-corrected chi connectivity index (χ2v) is 11.3. The zero-order valence-electron chi connectivity index (χ0n) is 18.2. The molecule has 0 radical (unpaired) electrons. The van der Waals surface area contributed by atoms with Gasteiger partial charge in [-0.25, -0.2) is 4.99 Å². The number of ether oxygens (including phenoxy) is 1. The van der Waals surface area contributed by atoms with Crippen LogP contribution in [0.5, 0.6) is 0 Å². The van der Waals surface area contributed by atoms with Crippen LogP contribution in [-0.2, 0) is 4.74 Å². The average Bonchev–Trinajstić information content (AvgIpc) is 2.57. The summed E-state index contributed by atoms with van der Waals surface area (Å²) in [6.45, 7) is 10.7. The van der Waals surface area contributed by atoms with Gasteiger partial charge in [0.25, 0.3) is 0 Å². The molecule has 160 valence electrons. The number of likely N-dealkylation sites (N-methyl/N-ethyl adjacent to an activating group) is 1. The Morgan fingerprint density at radius 1 is 1.07 bits per heavy atom. The normalized spacial score (nSPS) is 51.1. The Labute approximate surface area is 180 Å². The van der Waals surface area contributed by atoms with Gasteiger partial charge < -0.3 is 15.2 Å². The second kappa shape index (κ2) is 7.59. The molecular formula is C22H37ClN2O2S. The number of rotatable bonds is 3. The number of isothiocyanates is 1. The molecule has 8 atom stereocenters. The summed E-state index contributed by atoms with van der Waals surface area (Å²) >= 11 is 11.6. The zero-order valence-corrected chi connectivity index (χ0v) is 19.8. The van der Waals surface area contributed by atoms with Crippen molar-refractivity contribution in [1.29, 1.82) is 0 Å². The first-order chi connectivity index (χ1) is 12.9. The number of halogens is 1. The van der Waals surface area contributed by atoms with Crippen LogP contribution in [0.2, 0.25) is 0 Å². The third-order valence-corrected chi connectivity index (χ3v) is 9.08. The Morgan fingerprint density at radius 3 is 2.29 bits per heavy atom. The van der Waals surface area contributed by atoms with E-state index in [1.54, 1.807) is 0 Å². The Balaban J connectivity index is 2.03. The SMILES string of the molecule is CNC1C2C(CCC1(C)O)C(C)(N=C=S)CCC2C1(C)CCC(Cl)C(C)(C)O1. The first-order valence-electron chi connectivity index (χ1n) is 10.7. The van der Waals surface area contributed by atoms with Crippen LogP contribution in [0.1, 0.15) is 73.1 Å². The molecule has 1 heterocycles. The number of nitrogens with one attached hydrogen (secondary N) is 1. The lowest BCUT2D eigenvalue weighted by atomic mass is 9.51. The van der Waals surface area contributed by atoms with Crippen molar-refractivity contribution in [2.45, 2.75) is 107 Å². The predicted octanol–water partition coefficient (Wildman–Crippen LogP) is 4.58. The summed E-state index contributed by atoms with van der Waals surface area (Å²) in [4.78, 5) is 4.65. The molecule has 3 rings (SSSR count). The van der Waals surface area contributed by atoms with Crippen LogP contribution in [0.15, 0.2) is 4.99 Å². The Morgan fingerprint density at radius 2 is 1.71 bits per heavy atom. The first-order valence-corrected chi connectivity index (χ1v) is 11.6.